The van der Waals surface area contributed by atoms with Gasteiger partial charge in [-0.3, -0.25) is 4.79 Å². The van der Waals surface area contributed by atoms with Crippen molar-refractivity contribution in [2.24, 2.45) is 34.5 Å². The maximum Gasteiger partial charge on any atom is 0.155 e. The number of hydrogen-bond donors (Lipinski definition) is 1. The highest BCUT2D eigenvalue weighted by Gasteiger charge is 2.65. The molecule has 4 aliphatic carbocycles. The number of fused-ring (bicyclic) bond motifs is 5. The van der Waals surface area contributed by atoms with E-state index in [-0.39, 0.29) is 10.8 Å². The Morgan fingerprint density at radius 1 is 1.23 bits per heavy atom. The van der Waals surface area contributed by atoms with Crippen LogP contribution >= 0.6 is 0 Å². The highest BCUT2D eigenvalue weighted by atomic mass is 16.5. The average Bonchev–Trinajstić information content (AvgIpc) is 2.88. The van der Waals surface area contributed by atoms with Gasteiger partial charge >= 0.3 is 0 Å². The van der Waals surface area contributed by atoms with Crippen LogP contribution in [0.3, 0.4) is 0 Å². The Labute approximate surface area is 157 Å². The first kappa shape index (κ1) is 18.3. The number of aliphatic hydroxyl groups is 1. The molecule has 1 N–H and O–H groups in total. The number of ketones is 1. The van der Waals surface area contributed by atoms with E-state index in [0.29, 0.717) is 41.6 Å². The molecule has 0 saturated heterocycles. The van der Waals surface area contributed by atoms with Crippen molar-refractivity contribution in [1.29, 1.82) is 0 Å². The molecule has 0 aliphatic heterocycles. The third-order valence-corrected chi connectivity index (χ3v) is 9.14. The number of ether oxygens (including phenoxy) is 1. The third-order valence-electron chi connectivity index (χ3n) is 9.14. The van der Waals surface area contributed by atoms with Crippen molar-refractivity contribution in [2.45, 2.75) is 71.3 Å². The van der Waals surface area contributed by atoms with Gasteiger partial charge in [0.05, 0.1) is 7.11 Å². The second-order valence-electron chi connectivity index (χ2n) is 9.98. The number of allylic oxidation sites excluding steroid dienone is 1. The number of rotatable bonds is 2. The Morgan fingerprint density at radius 3 is 2.62 bits per heavy atom. The highest BCUT2D eigenvalue weighted by molar-refractivity contribution is 5.91. The Kier molecular flexibility index (Phi) is 4.01. The van der Waals surface area contributed by atoms with Gasteiger partial charge in [-0.25, -0.2) is 0 Å². The third kappa shape index (κ3) is 2.13. The van der Waals surface area contributed by atoms with Crippen molar-refractivity contribution in [1.82, 2.24) is 0 Å². The maximum atomic E-state index is 12.1. The minimum atomic E-state index is -0.903. The maximum absolute atomic E-state index is 12.1. The lowest BCUT2D eigenvalue weighted by Crippen LogP contribution is -2.56. The zero-order chi connectivity index (χ0) is 18.9. The van der Waals surface area contributed by atoms with Gasteiger partial charge < -0.3 is 9.84 Å². The summed E-state index contributed by atoms with van der Waals surface area (Å²) >= 11 is 0. The summed E-state index contributed by atoms with van der Waals surface area (Å²) in [7, 11) is 1.63. The number of carbonyl (C=O) groups excluding carboxylic acids is 1. The SMILES string of the molecule is C=C(OC)[C@@]1(O)CC[C@H]2[C@@H]3C[C@H](C)C4=CC(=O)CC[C@]4(C)[C@H]3CC[C@@]21C. The molecule has 4 aliphatic rings. The summed E-state index contributed by atoms with van der Waals surface area (Å²) in [6, 6.07) is 0. The Morgan fingerprint density at radius 2 is 1.92 bits per heavy atom. The summed E-state index contributed by atoms with van der Waals surface area (Å²) in [4.78, 5) is 12.1. The van der Waals surface area contributed by atoms with Gasteiger partial charge in [-0.05, 0) is 73.7 Å². The number of carbonyl (C=O) groups is 1. The first-order valence-electron chi connectivity index (χ1n) is 10.4. The van der Waals surface area contributed by atoms with E-state index in [0.717, 1.165) is 38.5 Å². The second kappa shape index (κ2) is 5.70. The Balaban J connectivity index is 1.72. The van der Waals surface area contributed by atoms with Gasteiger partial charge in [0.15, 0.2) is 5.78 Å². The minimum absolute atomic E-state index is 0.150. The van der Waals surface area contributed by atoms with E-state index < -0.39 is 5.60 Å². The zero-order valence-corrected chi connectivity index (χ0v) is 16.8. The molecule has 26 heavy (non-hydrogen) atoms. The van der Waals surface area contributed by atoms with Gasteiger partial charge in [0.2, 0.25) is 0 Å². The molecule has 0 heterocycles. The van der Waals surface area contributed by atoms with Crippen molar-refractivity contribution in [3.63, 3.8) is 0 Å². The summed E-state index contributed by atoms with van der Waals surface area (Å²) in [5, 5.41) is 11.5. The molecule has 144 valence electrons. The fourth-order valence-corrected chi connectivity index (χ4v) is 7.63. The van der Waals surface area contributed by atoms with Crippen LogP contribution in [-0.4, -0.2) is 23.6 Å². The standard InChI is InChI=1S/C23H34O3/c1-14-12-17-18(21(3)9-6-16(24)13-20(14)21)7-10-22(4)19(17)8-11-23(22,25)15(2)26-5/h13-14,17-19,25H,2,6-12H2,1,3-5H3/t14-,17+,18-,19-,21+,22-,23-/m0/s1. The topological polar surface area (TPSA) is 46.5 Å². The van der Waals surface area contributed by atoms with Gasteiger partial charge in [-0.1, -0.05) is 32.9 Å². The molecule has 3 nitrogen and oxygen atoms in total. The molecule has 0 aromatic heterocycles. The van der Waals surface area contributed by atoms with Crippen molar-refractivity contribution in [3.8, 4) is 0 Å². The van der Waals surface area contributed by atoms with Gasteiger partial charge in [0, 0.05) is 11.8 Å². The summed E-state index contributed by atoms with van der Waals surface area (Å²) in [6.45, 7) is 11.0. The molecule has 0 spiro atoms. The smallest absolute Gasteiger partial charge is 0.155 e. The van der Waals surface area contributed by atoms with E-state index >= 15 is 0 Å². The van der Waals surface area contributed by atoms with Crippen LogP contribution in [0.1, 0.15) is 65.7 Å². The summed E-state index contributed by atoms with van der Waals surface area (Å²) in [6.07, 6.45) is 8.79. The lowest BCUT2D eigenvalue weighted by Gasteiger charge is -2.60. The monoisotopic (exact) mass is 358 g/mol. The van der Waals surface area contributed by atoms with E-state index in [1.807, 2.05) is 6.08 Å². The largest absolute Gasteiger partial charge is 0.499 e. The lowest BCUT2D eigenvalue weighted by molar-refractivity contribution is -0.131. The Hall–Kier alpha value is -1.09. The molecule has 0 aromatic rings. The fourth-order valence-electron chi connectivity index (χ4n) is 7.63. The molecule has 3 saturated carbocycles. The highest BCUT2D eigenvalue weighted by Crippen LogP contribution is 2.69. The van der Waals surface area contributed by atoms with Crippen molar-refractivity contribution in [2.75, 3.05) is 7.11 Å². The number of hydrogen-bond acceptors (Lipinski definition) is 3. The minimum Gasteiger partial charge on any atom is -0.499 e. The van der Waals surface area contributed by atoms with Gasteiger partial charge in [-0.15, -0.1) is 0 Å². The summed E-state index contributed by atoms with van der Waals surface area (Å²) < 4.78 is 5.43. The number of methoxy groups -OCH3 is 1. The average molecular weight is 359 g/mol. The molecule has 3 fully saturated rings. The fraction of sp³-hybridized carbons (Fsp3) is 0.783. The van der Waals surface area contributed by atoms with Crippen molar-refractivity contribution >= 4 is 5.78 Å². The zero-order valence-electron chi connectivity index (χ0n) is 16.8. The molecule has 0 aromatic carbocycles. The van der Waals surface area contributed by atoms with E-state index in [9.17, 15) is 9.90 Å². The van der Waals surface area contributed by atoms with Gasteiger partial charge in [0.25, 0.3) is 0 Å². The van der Waals surface area contributed by atoms with E-state index in [1.165, 1.54) is 5.57 Å². The van der Waals surface area contributed by atoms with Crippen LogP contribution in [0, 0.1) is 34.5 Å². The van der Waals surface area contributed by atoms with Crippen LogP contribution in [0.15, 0.2) is 24.0 Å². The molecular weight excluding hydrogens is 324 g/mol. The van der Waals surface area contributed by atoms with Crippen LogP contribution in [0.25, 0.3) is 0 Å². The lowest BCUT2D eigenvalue weighted by atomic mass is 9.45. The first-order valence-corrected chi connectivity index (χ1v) is 10.4. The van der Waals surface area contributed by atoms with Crippen LogP contribution in [-0.2, 0) is 9.53 Å². The van der Waals surface area contributed by atoms with Gasteiger partial charge in [-0.2, -0.15) is 0 Å². The van der Waals surface area contributed by atoms with E-state index in [4.69, 9.17) is 4.74 Å². The van der Waals surface area contributed by atoms with E-state index in [2.05, 4.69) is 27.4 Å². The van der Waals surface area contributed by atoms with Gasteiger partial charge in [0.1, 0.15) is 11.4 Å². The first-order chi connectivity index (χ1) is 12.2. The summed E-state index contributed by atoms with van der Waals surface area (Å²) in [5.74, 6) is 3.09. The molecule has 0 bridgehead atoms. The van der Waals surface area contributed by atoms with Crippen molar-refractivity contribution < 1.29 is 14.6 Å². The molecular formula is C23H34O3. The Bertz CT molecular complexity index is 679. The molecule has 0 unspecified atom stereocenters. The van der Waals surface area contributed by atoms with Crippen LogP contribution < -0.4 is 0 Å². The molecule has 7 atom stereocenters. The van der Waals surface area contributed by atoms with Crippen LogP contribution in [0.4, 0.5) is 0 Å². The summed E-state index contributed by atoms with van der Waals surface area (Å²) in [5.41, 5.74) is 0.521. The van der Waals surface area contributed by atoms with Crippen LogP contribution in [0.2, 0.25) is 0 Å². The van der Waals surface area contributed by atoms with Crippen molar-refractivity contribution in [3.05, 3.63) is 24.0 Å². The normalized spacial score (nSPS) is 50.3. The molecule has 0 amide bonds. The second-order valence-corrected chi connectivity index (χ2v) is 9.98. The molecule has 4 rings (SSSR count). The quantitative estimate of drug-likeness (QED) is 0.731. The molecule has 0 radical (unpaired) electrons. The predicted molar refractivity (Wildman–Crippen MR) is 102 cm³/mol. The predicted octanol–water partition coefficient (Wildman–Crippen LogP) is 4.66. The molecule has 3 heteroatoms. The van der Waals surface area contributed by atoms with Crippen LogP contribution in [0.5, 0.6) is 0 Å². The van der Waals surface area contributed by atoms with E-state index in [1.54, 1.807) is 7.11 Å².